The molecule has 2 aliphatic rings. The number of hydrogen-bond donors (Lipinski definition) is 1. The predicted molar refractivity (Wildman–Crippen MR) is 83.9 cm³/mol. The van der Waals surface area contributed by atoms with Gasteiger partial charge in [0.1, 0.15) is 5.75 Å². The fourth-order valence-electron chi connectivity index (χ4n) is 3.27. The molecule has 0 unspecified atom stereocenters. The van der Waals surface area contributed by atoms with E-state index in [1.54, 1.807) is 24.3 Å². The number of rotatable bonds is 5. The molecule has 0 atom stereocenters. The van der Waals surface area contributed by atoms with Crippen molar-refractivity contribution >= 4 is 11.6 Å². The minimum Gasteiger partial charge on any atom is -0.494 e. The summed E-state index contributed by atoms with van der Waals surface area (Å²) in [6, 6.07) is 7.19. The Kier molecular flexibility index (Phi) is 4.27. The lowest BCUT2D eigenvalue weighted by atomic mass is 9.93. The van der Waals surface area contributed by atoms with Crippen LogP contribution in [0.1, 0.15) is 26.2 Å². The zero-order valence-electron chi connectivity index (χ0n) is 13.3. The van der Waals surface area contributed by atoms with Gasteiger partial charge in [0, 0.05) is 17.5 Å². The lowest BCUT2D eigenvalue weighted by Crippen LogP contribution is -2.41. The summed E-state index contributed by atoms with van der Waals surface area (Å²) in [5.41, 5.74) is -0.0598. The number of likely N-dealkylation sites (tertiary alicyclic amines) is 1. The van der Waals surface area contributed by atoms with Crippen molar-refractivity contribution in [2.45, 2.75) is 32.1 Å². The van der Waals surface area contributed by atoms with E-state index in [1.807, 2.05) is 11.8 Å². The van der Waals surface area contributed by atoms with Crippen molar-refractivity contribution in [2.24, 2.45) is 5.41 Å². The van der Waals surface area contributed by atoms with Gasteiger partial charge < -0.3 is 10.1 Å². The molecule has 2 fully saturated rings. The van der Waals surface area contributed by atoms with Crippen LogP contribution in [-0.2, 0) is 4.79 Å². The number of carbonyl (C=O) groups excluding carboxylic acids is 1. The Balaban J connectivity index is 1.45. The molecule has 1 N–H and O–H groups in total. The summed E-state index contributed by atoms with van der Waals surface area (Å²) in [7, 11) is 0. The molecule has 1 aromatic rings. The van der Waals surface area contributed by atoms with Crippen LogP contribution in [0.2, 0.25) is 0 Å². The van der Waals surface area contributed by atoms with E-state index in [0.717, 1.165) is 5.75 Å². The molecule has 126 valence electrons. The van der Waals surface area contributed by atoms with Gasteiger partial charge in [0.05, 0.1) is 13.2 Å². The minimum atomic E-state index is -2.48. The molecule has 1 spiro atoms. The second kappa shape index (κ2) is 6.07. The zero-order chi connectivity index (χ0) is 16.5. The van der Waals surface area contributed by atoms with Gasteiger partial charge in [0.2, 0.25) is 5.91 Å². The number of anilines is 1. The van der Waals surface area contributed by atoms with Crippen LogP contribution < -0.4 is 10.1 Å². The van der Waals surface area contributed by atoms with Gasteiger partial charge in [0.15, 0.2) is 0 Å². The molecule has 1 amide bonds. The van der Waals surface area contributed by atoms with Crippen LogP contribution in [0.4, 0.5) is 14.5 Å². The second-order valence-electron chi connectivity index (χ2n) is 6.44. The number of nitrogens with one attached hydrogen (secondary N) is 1. The Morgan fingerprint density at radius 2 is 1.87 bits per heavy atom. The van der Waals surface area contributed by atoms with Gasteiger partial charge in [-0.05, 0) is 57.1 Å². The number of amides is 1. The molecule has 4 nitrogen and oxygen atoms in total. The van der Waals surface area contributed by atoms with Crippen molar-refractivity contribution in [3.8, 4) is 5.75 Å². The summed E-state index contributed by atoms with van der Waals surface area (Å²) in [5, 5.41) is 2.83. The molecule has 3 rings (SSSR count). The number of nitrogens with zero attached hydrogens (tertiary/aromatic N) is 1. The third-order valence-electron chi connectivity index (χ3n) is 4.84. The highest BCUT2D eigenvalue weighted by atomic mass is 19.3. The monoisotopic (exact) mass is 324 g/mol. The van der Waals surface area contributed by atoms with Gasteiger partial charge in [-0.1, -0.05) is 0 Å². The fourth-order valence-corrected chi connectivity index (χ4v) is 3.27. The smallest absolute Gasteiger partial charge is 0.254 e. The Hall–Kier alpha value is -1.69. The highest BCUT2D eigenvalue weighted by Crippen LogP contribution is 2.65. The largest absolute Gasteiger partial charge is 0.494 e. The Bertz CT molecular complexity index is 566. The summed E-state index contributed by atoms with van der Waals surface area (Å²) >= 11 is 0. The zero-order valence-corrected chi connectivity index (χ0v) is 13.3. The van der Waals surface area contributed by atoms with Gasteiger partial charge in [-0.15, -0.1) is 0 Å². The molecule has 1 aliphatic heterocycles. The van der Waals surface area contributed by atoms with Crippen molar-refractivity contribution in [2.75, 3.05) is 31.6 Å². The molecule has 1 saturated heterocycles. The molecule has 1 heterocycles. The number of alkyl halides is 2. The minimum absolute atomic E-state index is 0.0201. The molecule has 1 saturated carbocycles. The average Bonchev–Trinajstić information content (AvgIpc) is 3.04. The molecule has 0 radical (unpaired) electrons. The Labute approximate surface area is 134 Å². The highest BCUT2D eigenvalue weighted by Gasteiger charge is 2.70. The lowest BCUT2D eigenvalue weighted by molar-refractivity contribution is -0.117. The van der Waals surface area contributed by atoms with Crippen LogP contribution in [0, 0.1) is 5.41 Å². The van der Waals surface area contributed by atoms with E-state index >= 15 is 0 Å². The Morgan fingerprint density at radius 1 is 1.26 bits per heavy atom. The molecule has 0 bridgehead atoms. The summed E-state index contributed by atoms with van der Waals surface area (Å²) in [4.78, 5) is 14.0. The number of ether oxygens (including phenoxy) is 1. The van der Waals surface area contributed by atoms with Gasteiger partial charge >= 0.3 is 0 Å². The fraction of sp³-hybridized carbons (Fsp3) is 0.588. The SMILES string of the molecule is CCOc1ccc(NC(=O)CN2CCC3(CC2)CC3(F)F)cc1. The predicted octanol–water partition coefficient (Wildman–Crippen LogP) is 3.15. The first-order chi connectivity index (χ1) is 10.9. The van der Waals surface area contributed by atoms with Crippen LogP contribution in [0.3, 0.4) is 0 Å². The number of halogens is 2. The van der Waals surface area contributed by atoms with Crippen LogP contribution in [-0.4, -0.2) is 43.0 Å². The van der Waals surface area contributed by atoms with Gasteiger partial charge in [-0.3, -0.25) is 9.69 Å². The van der Waals surface area contributed by atoms with Crippen molar-refractivity contribution in [1.82, 2.24) is 4.90 Å². The second-order valence-corrected chi connectivity index (χ2v) is 6.44. The van der Waals surface area contributed by atoms with Crippen LogP contribution in [0.5, 0.6) is 5.75 Å². The molecule has 23 heavy (non-hydrogen) atoms. The van der Waals surface area contributed by atoms with E-state index in [1.165, 1.54) is 0 Å². The maximum atomic E-state index is 13.3. The average molecular weight is 324 g/mol. The third kappa shape index (κ3) is 3.47. The number of hydrogen-bond acceptors (Lipinski definition) is 3. The summed E-state index contributed by atoms with van der Waals surface area (Å²) in [5.74, 6) is -1.84. The maximum absolute atomic E-state index is 13.3. The van der Waals surface area contributed by atoms with E-state index in [4.69, 9.17) is 4.74 Å². The normalized spacial score (nSPS) is 21.9. The summed E-state index contributed by atoms with van der Waals surface area (Å²) in [6.45, 7) is 3.88. The van der Waals surface area contributed by atoms with E-state index in [9.17, 15) is 13.6 Å². The molecule has 6 heteroatoms. The highest BCUT2D eigenvalue weighted by molar-refractivity contribution is 5.92. The van der Waals surface area contributed by atoms with E-state index in [0.29, 0.717) is 38.2 Å². The molecule has 1 aromatic carbocycles. The first-order valence-electron chi connectivity index (χ1n) is 8.07. The van der Waals surface area contributed by atoms with Gasteiger partial charge in [-0.2, -0.15) is 0 Å². The van der Waals surface area contributed by atoms with Crippen molar-refractivity contribution in [3.05, 3.63) is 24.3 Å². The van der Waals surface area contributed by atoms with Crippen molar-refractivity contribution in [3.63, 3.8) is 0 Å². The lowest BCUT2D eigenvalue weighted by Gasteiger charge is -2.31. The van der Waals surface area contributed by atoms with Crippen molar-refractivity contribution < 1.29 is 18.3 Å². The standard InChI is InChI=1S/C17H22F2N2O2/c1-2-23-14-5-3-13(4-6-14)20-15(22)11-21-9-7-16(8-10-21)12-17(16,18)19/h3-6H,2,7-12H2,1H3,(H,20,22). The first-order valence-corrected chi connectivity index (χ1v) is 8.07. The number of carbonyl (C=O) groups is 1. The summed E-state index contributed by atoms with van der Waals surface area (Å²) in [6.07, 6.45) is 0.985. The van der Waals surface area contributed by atoms with Gasteiger partial charge in [-0.25, -0.2) is 8.78 Å². The Morgan fingerprint density at radius 3 is 2.39 bits per heavy atom. The molecule has 1 aliphatic carbocycles. The third-order valence-corrected chi connectivity index (χ3v) is 4.84. The molecular formula is C17H22F2N2O2. The molecular weight excluding hydrogens is 302 g/mol. The van der Waals surface area contributed by atoms with E-state index in [-0.39, 0.29) is 18.9 Å². The quantitative estimate of drug-likeness (QED) is 0.905. The van der Waals surface area contributed by atoms with E-state index < -0.39 is 11.3 Å². The number of piperidine rings is 1. The topological polar surface area (TPSA) is 41.6 Å². The van der Waals surface area contributed by atoms with Crippen LogP contribution >= 0.6 is 0 Å². The van der Waals surface area contributed by atoms with Crippen LogP contribution in [0.15, 0.2) is 24.3 Å². The first kappa shape index (κ1) is 16.2. The van der Waals surface area contributed by atoms with E-state index in [2.05, 4.69) is 5.32 Å². The van der Waals surface area contributed by atoms with Crippen LogP contribution in [0.25, 0.3) is 0 Å². The van der Waals surface area contributed by atoms with Crippen molar-refractivity contribution in [1.29, 1.82) is 0 Å². The maximum Gasteiger partial charge on any atom is 0.254 e. The molecule has 0 aromatic heterocycles. The van der Waals surface area contributed by atoms with Gasteiger partial charge in [0.25, 0.3) is 5.92 Å². The number of benzene rings is 1. The summed E-state index contributed by atoms with van der Waals surface area (Å²) < 4.78 is 32.0.